The van der Waals surface area contributed by atoms with Crippen LogP contribution in [0, 0.1) is 0 Å². The highest BCUT2D eigenvalue weighted by molar-refractivity contribution is 7.98. The summed E-state index contributed by atoms with van der Waals surface area (Å²) < 4.78 is 5.31. The van der Waals surface area contributed by atoms with Crippen LogP contribution in [0.5, 0.6) is 5.75 Å². The molecule has 2 aromatic heterocycles. The van der Waals surface area contributed by atoms with Crippen LogP contribution in [0.1, 0.15) is 48.1 Å². The molecule has 0 atom stereocenters. The molecule has 1 amide bonds. The molecule has 1 fully saturated rings. The van der Waals surface area contributed by atoms with Gasteiger partial charge in [0, 0.05) is 79.5 Å². The van der Waals surface area contributed by atoms with E-state index in [1.807, 2.05) is 54.6 Å². The number of benzene rings is 2. The van der Waals surface area contributed by atoms with Crippen LogP contribution in [0.4, 0.5) is 11.5 Å². The van der Waals surface area contributed by atoms with Crippen molar-refractivity contribution in [3.63, 3.8) is 0 Å². The van der Waals surface area contributed by atoms with Gasteiger partial charge < -0.3 is 19.9 Å². The first-order chi connectivity index (χ1) is 20.8. The first kappa shape index (κ1) is 30.4. The maximum absolute atomic E-state index is 12.8. The third-order valence-electron chi connectivity index (χ3n) is 7.45. The number of pyridine rings is 1. The molecule has 0 saturated carbocycles. The predicted octanol–water partition coefficient (Wildman–Crippen LogP) is 5.77. The number of piperazine rings is 1. The van der Waals surface area contributed by atoms with Crippen molar-refractivity contribution < 1.29 is 9.53 Å². The molecule has 2 aromatic carbocycles. The average molecular weight is 597 g/mol. The Bertz CT molecular complexity index is 1500. The Morgan fingerprint density at radius 1 is 0.930 bits per heavy atom. The number of hydrogen-bond acceptors (Lipinski definition) is 8. The molecule has 1 N–H and O–H groups in total. The van der Waals surface area contributed by atoms with E-state index in [2.05, 4.69) is 59.1 Å². The second-order valence-electron chi connectivity index (χ2n) is 11.6. The van der Waals surface area contributed by atoms with Crippen molar-refractivity contribution in [3.8, 4) is 5.75 Å². The second-order valence-corrected chi connectivity index (χ2v) is 12.6. The number of amides is 1. The van der Waals surface area contributed by atoms with Crippen LogP contribution < -0.4 is 19.9 Å². The zero-order chi connectivity index (χ0) is 30.2. The zero-order valence-corrected chi connectivity index (χ0v) is 26.2. The largest absolute Gasteiger partial charge is 0.497 e. The Kier molecular flexibility index (Phi) is 9.82. The SMILES string of the molecule is COc1ccc(N2CCN(c3cc(C(C)(C)C)nc(SCc4cccc(C(=O)NCCc5ccccn5)c4)n3)CC2)cc1. The van der Waals surface area contributed by atoms with Gasteiger partial charge in [-0.1, -0.05) is 50.7 Å². The van der Waals surface area contributed by atoms with Gasteiger partial charge in [0.25, 0.3) is 5.91 Å². The minimum atomic E-state index is -0.106. The van der Waals surface area contributed by atoms with Gasteiger partial charge >= 0.3 is 0 Å². The highest BCUT2D eigenvalue weighted by atomic mass is 32.2. The number of anilines is 2. The van der Waals surface area contributed by atoms with E-state index in [1.165, 1.54) is 5.69 Å². The molecule has 1 aliphatic heterocycles. The summed E-state index contributed by atoms with van der Waals surface area (Å²) in [6.07, 6.45) is 2.47. The van der Waals surface area contributed by atoms with E-state index >= 15 is 0 Å². The Balaban J connectivity index is 1.22. The van der Waals surface area contributed by atoms with Gasteiger partial charge in [-0.2, -0.15) is 0 Å². The van der Waals surface area contributed by atoms with E-state index < -0.39 is 0 Å². The number of hydrogen-bond donors (Lipinski definition) is 1. The number of nitrogens with one attached hydrogen (secondary N) is 1. The van der Waals surface area contributed by atoms with Crippen molar-refractivity contribution in [1.82, 2.24) is 20.3 Å². The third kappa shape index (κ3) is 8.26. The maximum Gasteiger partial charge on any atom is 0.251 e. The lowest BCUT2D eigenvalue weighted by Crippen LogP contribution is -2.47. The van der Waals surface area contributed by atoms with Crippen molar-refractivity contribution in [2.75, 3.05) is 49.6 Å². The molecular weight excluding hydrogens is 556 g/mol. The summed E-state index contributed by atoms with van der Waals surface area (Å²) in [6.45, 7) is 10.7. The Morgan fingerprint density at radius 2 is 1.70 bits per heavy atom. The van der Waals surface area contributed by atoms with Gasteiger partial charge in [-0.05, 0) is 54.1 Å². The van der Waals surface area contributed by atoms with E-state index in [9.17, 15) is 4.79 Å². The van der Waals surface area contributed by atoms with Crippen LogP contribution in [0.25, 0.3) is 0 Å². The molecule has 1 aliphatic rings. The Morgan fingerprint density at radius 3 is 2.40 bits per heavy atom. The molecule has 0 bridgehead atoms. The van der Waals surface area contributed by atoms with E-state index in [4.69, 9.17) is 14.7 Å². The van der Waals surface area contributed by atoms with Crippen molar-refractivity contribution in [1.29, 1.82) is 0 Å². The first-order valence-electron chi connectivity index (χ1n) is 14.7. The van der Waals surface area contributed by atoms with E-state index in [-0.39, 0.29) is 11.3 Å². The molecule has 1 saturated heterocycles. The lowest BCUT2D eigenvalue weighted by molar-refractivity contribution is 0.0954. The summed E-state index contributed by atoms with van der Waals surface area (Å²) in [7, 11) is 1.69. The number of aromatic nitrogens is 3. The molecule has 3 heterocycles. The van der Waals surface area contributed by atoms with E-state index in [0.717, 1.165) is 59.9 Å². The third-order valence-corrected chi connectivity index (χ3v) is 8.37. The minimum Gasteiger partial charge on any atom is -0.497 e. The summed E-state index contributed by atoms with van der Waals surface area (Å²) in [6, 6.07) is 24.0. The monoisotopic (exact) mass is 596 g/mol. The lowest BCUT2D eigenvalue weighted by Gasteiger charge is -2.37. The zero-order valence-electron chi connectivity index (χ0n) is 25.4. The number of rotatable bonds is 10. The van der Waals surface area contributed by atoms with Crippen LogP contribution in [0.2, 0.25) is 0 Å². The van der Waals surface area contributed by atoms with E-state index in [1.54, 1.807) is 25.1 Å². The van der Waals surface area contributed by atoms with Gasteiger partial charge in [-0.3, -0.25) is 9.78 Å². The van der Waals surface area contributed by atoms with Crippen molar-refractivity contribution >= 4 is 29.2 Å². The van der Waals surface area contributed by atoms with Crippen LogP contribution in [0.15, 0.2) is 84.1 Å². The Hall–Kier alpha value is -4.11. The predicted molar refractivity (Wildman–Crippen MR) is 174 cm³/mol. The summed E-state index contributed by atoms with van der Waals surface area (Å²) >= 11 is 1.61. The molecule has 0 aliphatic carbocycles. The van der Waals surface area contributed by atoms with Crippen molar-refractivity contribution in [3.05, 3.63) is 102 Å². The van der Waals surface area contributed by atoms with Crippen molar-refractivity contribution in [2.45, 2.75) is 43.5 Å². The highest BCUT2D eigenvalue weighted by Crippen LogP contribution is 2.30. The fraction of sp³-hybridized carbons (Fsp3) is 0.353. The van der Waals surface area contributed by atoms with Gasteiger partial charge in [-0.25, -0.2) is 9.97 Å². The van der Waals surface area contributed by atoms with Gasteiger partial charge in [-0.15, -0.1) is 0 Å². The first-order valence-corrected chi connectivity index (χ1v) is 15.7. The molecular formula is C34H40N6O2S. The molecule has 9 heteroatoms. The number of ether oxygens (including phenoxy) is 1. The highest BCUT2D eigenvalue weighted by Gasteiger charge is 2.23. The number of carbonyl (C=O) groups is 1. The molecule has 43 heavy (non-hydrogen) atoms. The van der Waals surface area contributed by atoms with Gasteiger partial charge in [0.05, 0.1) is 12.8 Å². The molecule has 4 aromatic rings. The van der Waals surface area contributed by atoms with Crippen LogP contribution in [-0.2, 0) is 17.6 Å². The Labute approximate surface area is 258 Å². The molecule has 5 rings (SSSR count). The molecule has 8 nitrogen and oxygen atoms in total. The summed E-state index contributed by atoms with van der Waals surface area (Å²) in [5.74, 6) is 2.44. The number of nitrogens with zero attached hydrogens (tertiary/aromatic N) is 5. The van der Waals surface area contributed by atoms with Crippen molar-refractivity contribution in [2.24, 2.45) is 0 Å². The van der Waals surface area contributed by atoms with Crippen LogP contribution in [0.3, 0.4) is 0 Å². The van der Waals surface area contributed by atoms with Crippen LogP contribution in [-0.4, -0.2) is 60.7 Å². The minimum absolute atomic E-state index is 0.0789. The maximum atomic E-state index is 12.8. The van der Waals surface area contributed by atoms with Gasteiger partial charge in [0.1, 0.15) is 11.6 Å². The quantitative estimate of drug-likeness (QED) is 0.183. The average Bonchev–Trinajstić information content (AvgIpc) is 3.04. The molecule has 0 radical (unpaired) electrons. The summed E-state index contributed by atoms with van der Waals surface area (Å²) in [4.78, 5) is 31.8. The standard InChI is InChI=1S/C34H40N6O2S/c1-34(2,3)30-23-31(40-20-18-39(19-21-40)28-11-13-29(42-4)14-12-28)38-33(37-30)43-24-25-8-7-9-26(22-25)32(41)36-17-15-27-10-5-6-16-35-27/h5-14,16,22-23H,15,17-21,24H2,1-4H3,(H,36,41). The summed E-state index contributed by atoms with van der Waals surface area (Å²) in [5.41, 5.74) is 4.80. The van der Waals surface area contributed by atoms with E-state index in [0.29, 0.717) is 24.3 Å². The number of carbonyl (C=O) groups excluding carboxylic acids is 1. The number of thioether (sulfide) groups is 1. The summed E-state index contributed by atoms with van der Waals surface area (Å²) in [5, 5.41) is 3.76. The molecule has 0 spiro atoms. The van der Waals surface area contributed by atoms with Crippen LogP contribution >= 0.6 is 11.8 Å². The molecule has 224 valence electrons. The fourth-order valence-electron chi connectivity index (χ4n) is 4.91. The number of methoxy groups -OCH3 is 1. The smallest absolute Gasteiger partial charge is 0.251 e. The normalized spacial score (nSPS) is 13.6. The topological polar surface area (TPSA) is 83.5 Å². The molecule has 0 unspecified atom stereocenters. The van der Waals surface area contributed by atoms with Gasteiger partial charge in [0.2, 0.25) is 0 Å². The second kappa shape index (κ2) is 13.9. The lowest BCUT2D eigenvalue weighted by atomic mass is 9.92. The fourth-order valence-corrected chi connectivity index (χ4v) is 5.71. The van der Waals surface area contributed by atoms with Gasteiger partial charge in [0.15, 0.2) is 5.16 Å².